The van der Waals surface area contributed by atoms with E-state index in [0.717, 1.165) is 53.2 Å². The first-order valence-corrected chi connectivity index (χ1v) is 29.1. The third-order valence-electron chi connectivity index (χ3n) is 16.7. The number of allylic oxidation sites excluding steroid dienone is 2. The van der Waals surface area contributed by atoms with Crippen LogP contribution in [0.1, 0.15) is 112 Å². The van der Waals surface area contributed by atoms with Gasteiger partial charge in [0.1, 0.15) is 24.4 Å². The highest BCUT2D eigenvalue weighted by Crippen LogP contribution is 2.65. The van der Waals surface area contributed by atoms with E-state index in [1.807, 2.05) is 84.0 Å². The molecule has 8 atom stereocenters. The molecule has 2 aromatic carbocycles. The fourth-order valence-electron chi connectivity index (χ4n) is 12.3. The number of hydrogen-bond acceptors (Lipinski definition) is 14. The van der Waals surface area contributed by atoms with E-state index >= 15 is 0 Å². The van der Waals surface area contributed by atoms with Crippen molar-refractivity contribution in [3.05, 3.63) is 119 Å². The van der Waals surface area contributed by atoms with Gasteiger partial charge in [-0.2, -0.15) is 0 Å². The Morgan fingerprint density at radius 1 is 0.747 bits per heavy atom. The van der Waals surface area contributed by atoms with Crippen molar-refractivity contribution in [1.82, 2.24) is 20.4 Å². The molecule has 5 heterocycles. The Kier molecular flexibility index (Phi) is 21.8. The maximum atomic E-state index is 13.3. The zero-order valence-corrected chi connectivity index (χ0v) is 49.3. The number of carbonyl (C=O) groups excluding carboxylic acids is 4. The summed E-state index contributed by atoms with van der Waals surface area (Å²) in [6, 6.07) is 14.6. The predicted molar refractivity (Wildman–Crippen MR) is 315 cm³/mol. The van der Waals surface area contributed by atoms with Gasteiger partial charge in [0.25, 0.3) is 11.8 Å². The van der Waals surface area contributed by atoms with Crippen molar-refractivity contribution < 1.29 is 66.9 Å². The lowest BCUT2D eigenvalue weighted by Gasteiger charge is -2.64. The van der Waals surface area contributed by atoms with Crippen molar-refractivity contribution in [2.45, 2.75) is 156 Å². The molecule has 3 aliphatic heterocycles. The van der Waals surface area contributed by atoms with Gasteiger partial charge in [0.2, 0.25) is 11.4 Å². The molecule has 2 aromatic heterocycles. The maximum Gasteiger partial charge on any atom is 0.482 e. The Morgan fingerprint density at radius 3 is 1.69 bits per heavy atom. The fourth-order valence-corrected chi connectivity index (χ4v) is 12.3. The standard InChI is InChI=1S/C33H42BN3O6.C23H28BN3O6.C4H11BO2/c1-20(2)14-25(35-6)30(38)37-13-9-10-23(37)19-41-31(39)36-29(15-21-18-40-26-12-8-7-11-24(21)26)34-42-28-17-22-16-27(32(22,3)4)33(28,5)43-34;1-15(2)11-19(25-3)22(28)27-10-6-7-17(27)14-33-23(29)26-21(24(30)31)12-16-13-32-20-9-5-4-8-18(16)20;1-4(2)3-5(6)7/h7-8,11-12,14,18,20,22-23,27-29H,9-10,13,15-17,19H2,1-5H3,(H,36,39);4-5,8-9,11,13,15,17,21,30-31H,6-7,10,12,14H2,1-2H3,(H,26,29);4,6-7H,3H2,1-2H3/t22-,23+,27-,28+,29-,33-;17-,21+;/m01./s1. The topological polar surface area (TPSA) is 252 Å². The van der Waals surface area contributed by atoms with Gasteiger partial charge < -0.3 is 68.1 Å². The third kappa shape index (κ3) is 15.8. The molecule has 4 aromatic rings. The number of nitrogens with zero attached hydrogens (tertiary/aromatic N) is 4. The van der Waals surface area contributed by atoms with E-state index in [2.05, 4.69) is 41.1 Å². The van der Waals surface area contributed by atoms with Crippen LogP contribution in [0.5, 0.6) is 0 Å². The van der Waals surface area contributed by atoms with E-state index in [-0.39, 0.29) is 78.3 Å². The van der Waals surface area contributed by atoms with E-state index < -0.39 is 51.0 Å². The molecule has 444 valence electrons. The second-order valence-corrected chi connectivity index (χ2v) is 24.4. The summed E-state index contributed by atoms with van der Waals surface area (Å²) >= 11 is 0. The minimum absolute atomic E-state index is 0.0238. The number of fused-ring (bicyclic) bond motifs is 2. The van der Waals surface area contributed by atoms with Crippen molar-refractivity contribution in [2.24, 2.45) is 35.0 Å². The van der Waals surface area contributed by atoms with Crippen molar-refractivity contribution in [2.75, 3.05) is 26.3 Å². The maximum absolute atomic E-state index is 13.3. The first-order chi connectivity index (χ1) is 39.4. The lowest BCUT2D eigenvalue weighted by molar-refractivity contribution is -0.199. The summed E-state index contributed by atoms with van der Waals surface area (Å²) < 4.78 is 35.6. The smallest absolute Gasteiger partial charge is 0.464 e. The summed E-state index contributed by atoms with van der Waals surface area (Å²) in [5, 5.41) is 43.4. The van der Waals surface area contributed by atoms with E-state index in [0.29, 0.717) is 62.0 Å². The number of ether oxygens (including phenoxy) is 2. The van der Waals surface area contributed by atoms with Gasteiger partial charge in [-0.15, -0.1) is 0 Å². The second-order valence-electron chi connectivity index (χ2n) is 24.4. The molecule has 3 aliphatic carbocycles. The van der Waals surface area contributed by atoms with Gasteiger partial charge in [0.05, 0.1) is 61.3 Å². The average Bonchev–Trinajstić information content (AvgIpc) is 2.38. The quantitative estimate of drug-likeness (QED) is 0.0311. The Hall–Kier alpha value is -6.59. The first kappa shape index (κ1) is 64.0. The molecule has 3 saturated carbocycles. The van der Waals surface area contributed by atoms with E-state index in [4.69, 9.17) is 50.8 Å². The van der Waals surface area contributed by atoms with Gasteiger partial charge in [-0.05, 0) is 123 Å². The number of carbonyl (C=O) groups is 4. The summed E-state index contributed by atoms with van der Waals surface area (Å²) in [4.78, 5) is 61.5. The molecule has 0 spiro atoms. The SMILES string of the molecule is CC(C)CB(O)O.[C-]#[N+]C(=CC(C)C)C(=O)N1CCC[C@@H]1COC(=O)N[C@@H](Cc1coc2ccccc12)B(O)O.[C-]#[N+]C(=CC(C)C)C(=O)N1CCC[C@@H]1COC(=O)N[C@@H](Cc1coc2ccccc12)B1O[C@@H]2C[C@@H]3C[C@@H](C3(C)C)[C@]2(C)O1. The predicted octanol–water partition coefficient (Wildman–Crippen LogP) is 8.44. The Labute approximate surface area is 488 Å². The highest BCUT2D eigenvalue weighted by atomic mass is 16.7. The molecule has 0 unspecified atom stereocenters. The molecule has 23 heteroatoms. The van der Waals surface area contributed by atoms with E-state index in [9.17, 15) is 29.2 Å². The van der Waals surface area contributed by atoms with E-state index in [1.165, 1.54) is 6.26 Å². The zero-order valence-electron chi connectivity index (χ0n) is 49.3. The Morgan fingerprint density at radius 2 is 1.24 bits per heavy atom. The van der Waals surface area contributed by atoms with Gasteiger partial charge in [-0.3, -0.25) is 9.59 Å². The molecule has 10 rings (SSSR count). The molecule has 3 saturated heterocycles. The van der Waals surface area contributed by atoms with Crippen LogP contribution in [0.3, 0.4) is 0 Å². The molecule has 4 amide bonds. The van der Waals surface area contributed by atoms with Crippen LogP contribution < -0.4 is 10.6 Å². The number of rotatable bonds is 18. The van der Waals surface area contributed by atoms with Gasteiger partial charge in [0, 0.05) is 23.9 Å². The fraction of sp³-hybridized carbons (Fsp3) is 0.567. The summed E-state index contributed by atoms with van der Waals surface area (Å²) in [7, 11) is -3.57. The number of benzene rings is 2. The Balaban J connectivity index is 0.000000220. The van der Waals surface area contributed by atoms with Gasteiger partial charge >= 0.3 is 33.5 Å². The van der Waals surface area contributed by atoms with Gasteiger partial charge in [-0.25, -0.2) is 19.3 Å². The van der Waals surface area contributed by atoms with Crippen LogP contribution in [-0.4, -0.2) is 137 Å². The van der Waals surface area contributed by atoms with Crippen LogP contribution in [-0.2, 0) is 41.2 Å². The number of furan rings is 2. The van der Waals surface area contributed by atoms with Crippen LogP contribution in [0.15, 0.2) is 93.4 Å². The van der Waals surface area contributed by atoms with Crippen LogP contribution in [0, 0.1) is 48.1 Å². The van der Waals surface area contributed by atoms with E-state index in [1.54, 1.807) is 34.3 Å². The van der Waals surface area contributed by atoms with Crippen LogP contribution >= 0.6 is 0 Å². The van der Waals surface area contributed by atoms with Crippen molar-refractivity contribution >= 4 is 67.3 Å². The van der Waals surface area contributed by atoms with Gasteiger partial charge in [-0.1, -0.05) is 104 Å². The van der Waals surface area contributed by atoms with Crippen molar-refractivity contribution in [3.8, 4) is 0 Å². The number of alkyl carbamates (subject to hydrolysis) is 2. The molecule has 6 N–H and O–H groups in total. The van der Waals surface area contributed by atoms with Crippen molar-refractivity contribution in [1.29, 1.82) is 0 Å². The highest BCUT2D eigenvalue weighted by molar-refractivity contribution is 6.48. The number of para-hydroxylation sites is 2. The summed E-state index contributed by atoms with van der Waals surface area (Å²) in [5.74, 6) is -0.651. The zero-order chi connectivity index (χ0) is 60.3. The van der Waals surface area contributed by atoms with Crippen molar-refractivity contribution in [3.63, 3.8) is 0 Å². The third-order valence-corrected chi connectivity index (χ3v) is 16.7. The summed E-state index contributed by atoms with van der Waals surface area (Å²) in [6.07, 6.45) is 11.2. The lowest BCUT2D eigenvalue weighted by Crippen LogP contribution is -2.65. The number of amides is 4. The second kappa shape index (κ2) is 28.3. The molecule has 6 fully saturated rings. The molecular weight excluding hydrogens is 1060 g/mol. The normalized spacial score (nSPS) is 23.3. The Bertz CT molecular complexity index is 3030. The van der Waals surface area contributed by atoms with Crippen LogP contribution in [0.2, 0.25) is 6.32 Å². The molecule has 20 nitrogen and oxygen atoms in total. The molecule has 2 bridgehead atoms. The average molecular weight is 1140 g/mol. The largest absolute Gasteiger partial charge is 0.482 e. The lowest BCUT2D eigenvalue weighted by atomic mass is 9.43. The first-order valence-electron chi connectivity index (χ1n) is 29.1. The number of likely N-dealkylation sites (tertiary alicyclic amines) is 2. The monoisotopic (exact) mass is 1140 g/mol. The van der Waals surface area contributed by atoms with Crippen LogP contribution in [0.4, 0.5) is 9.59 Å². The van der Waals surface area contributed by atoms with Gasteiger partial charge in [0.15, 0.2) is 0 Å². The van der Waals surface area contributed by atoms with Crippen LogP contribution in [0.25, 0.3) is 31.6 Å². The molecule has 83 heavy (non-hydrogen) atoms. The molecular formula is C60H81B3N6O14. The summed E-state index contributed by atoms with van der Waals surface area (Å²) in [5.41, 5.74) is 3.09. The summed E-state index contributed by atoms with van der Waals surface area (Å²) in [6.45, 7) is 34.2. The minimum Gasteiger partial charge on any atom is -0.464 e. The molecule has 6 aliphatic rings. The number of hydrogen-bond donors (Lipinski definition) is 6. The highest BCUT2D eigenvalue weighted by Gasteiger charge is 2.68. The number of nitrogens with one attached hydrogen (secondary N) is 2. The molecule has 0 radical (unpaired) electrons. The minimum atomic E-state index is -1.81.